The number of fused-ring (bicyclic) bond motifs is 1. The summed E-state index contributed by atoms with van der Waals surface area (Å²) in [6.07, 6.45) is 1.22. The first kappa shape index (κ1) is 13.6. The van der Waals surface area contributed by atoms with Crippen LogP contribution in [0.1, 0.15) is 21.5 Å². The minimum Gasteiger partial charge on any atom is -0.463 e. The topological polar surface area (TPSA) is 47.3 Å². The highest BCUT2D eigenvalue weighted by Gasteiger charge is 2.16. The number of carbonyl (C=O) groups is 1. The molecule has 0 bridgehead atoms. The van der Waals surface area contributed by atoms with E-state index in [4.69, 9.17) is 16.0 Å². The van der Waals surface area contributed by atoms with E-state index in [-0.39, 0.29) is 16.8 Å². The van der Waals surface area contributed by atoms with Crippen LogP contribution >= 0.6 is 11.6 Å². The Kier molecular flexibility index (Phi) is 3.35. The molecule has 0 unspecified atom stereocenters. The fraction of sp³-hybridized carbons (Fsp3) is 0.0588. The minimum atomic E-state index is -0.371. The zero-order valence-corrected chi connectivity index (χ0v) is 12.0. The Morgan fingerprint density at radius 1 is 1.10 bits per heavy atom. The Hall–Kier alpha value is -2.39. The minimum absolute atomic E-state index is 0.0235. The van der Waals surface area contributed by atoms with Gasteiger partial charge in [-0.25, -0.2) is 0 Å². The standard InChI is InChI=1S/C17H11ClO3/c1-10-2-7-15-13(8-10)17(20)14(9-21-15)16(19)11-3-5-12(18)6-4-11/h2-9H,1H3. The second kappa shape index (κ2) is 5.19. The van der Waals surface area contributed by atoms with Gasteiger partial charge in [-0.2, -0.15) is 0 Å². The summed E-state index contributed by atoms with van der Waals surface area (Å²) >= 11 is 5.80. The van der Waals surface area contributed by atoms with Gasteiger partial charge in [0, 0.05) is 10.6 Å². The van der Waals surface area contributed by atoms with Crippen molar-refractivity contribution in [2.75, 3.05) is 0 Å². The van der Waals surface area contributed by atoms with Crippen LogP contribution in [-0.4, -0.2) is 5.78 Å². The number of benzene rings is 2. The van der Waals surface area contributed by atoms with E-state index >= 15 is 0 Å². The molecule has 1 aromatic heterocycles. The third kappa shape index (κ3) is 2.48. The maximum atomic E-state index is 12.5. The fourth-order valence-corrected chi connectivity index (χ4v) is 2.28. The molecule has 0 fully saturated rings. The molecule has 0 atom stereocenters. The predicted molar refractivity (Wildman–Crippen MR) is 82.1 cm³/mol. The normalized spacial score (nSPS) is 10.8. The van der Waals surface area contributed by atoms with Crippen LogP contribution in [0.5, 0.6) is 0 Å². The number of hydrogen-bond acceptors (Lipinski definition) is 3. The van der Waals surface area contributed by atoms with Crippen molar-refractivity contribution in [1.29, 1.82) is 0 Å². The van der Waals surface area contributed by atoms with Crippen LogP contribution in [-0.2, 0) is 0 Å². The van der Waals surface area contributed by atoms with E-state index in [1.807, 2.05) is 13.0 Å². The van der Waals surface area contributed by atoms with Crippen molar-refractivity contribution in [1.82, 2.24) is 0 Å². The molecule has 0 saturated heterocycles. The zero-order chi connectivity index (χ0) is 15.0. The Balaban J connectivity index is 2.16. The summed E-state index contributed by atoms with van der Waals surface area (Å²) in [4.78, 5) is 24.9. The Morgan fingerprint density at radius 2 is 1.81 bits per heavy atom. The number of carbonyl (C=O) groups excluding carboxylic acids is 1. The molecule has 0 aliphatic heterocycles. The lowest BCUT2D eigenvalue weighted by molar-refractivity contribution is 0.103. The van der Waals surface area contributed by atoms with Crippen molar-refractivity contribution >= 4 is 28.4 Å². The first-order valence-electron chi connectivity index (χ1n) is 6.39. The lowest BCUT2D eigenvalue weighted by Crippen LogP contribution is -2.15. The van der Waals surface area contributed by atoms with Gasteiger partial charge in [0.2, 0.25) is 5.43 Å². The third-order valence-electron chi connectivity index (χ3n) is 3.28. The van der Waals surface area contributed by atoms with Gasteiger partial charge in [0.1, 0.15) is 17.4 Å². The summed E-state index contributed by atoms with van der Waals surface area (Å²) in [7, 11) is 0. The van der Waals surface area contributed by atoms with Gasteiger partial charge in [-0.05, 0) is 43.3 Å². The number of hydrogen-bond donors (Lipinski definition) is 0. The van der Waals surface area contributed by atoms with E-state index in [9.17, 15) is 9.59 Å². The van der Waals surface area contributed by atoms with Crippen LogP contribution in [0.2, 0.25) is 5.02 Å². The first-order valence-corrected chi connectivity index (χ1v) is 6.76. The molecule has 0 aliphatic carbocycles. The summed E-state index contributed by atoms with van der Waals surface area (Å²) < 4.78 is 5.40. The van der Waals surface area contributed by atoms with Crippen LogP contribution < -0.4 is 5.43 Å². The molecule has 3 aromatic rings. The van der Waals surface area contributed by atoms with E-state index < -0.39 is 0 Å². The second-order valence-electron chi connectivity index (χ2n) is 4.81. The molecule has 2 aromatic carbocycles. The lowest BCUT2D eigenvalue weighted by atomic mass is 10.0. The van der Waals surface area contributed by atoms with Gasteiger partial charge in [0.05, 0.1) is 5.39 Å². The summed E-state index contributed by atoms with van der Waals surface area (Å²) in [6, 6.07) is 11.7. The molecule has 0 N–H and O–H groups in total. The molecule has 0 spiro atoms. The quantitative estimate of drug-likeness (QED) is 0.672. The van der Waals surface area contributed by atoms with Gasteiger partial charge in [-0.15, -0.1) is 0 Å². The van der Waals surface area contributed by atoms with E-state index in [2.05, 4.69) is 0 Å². The summed E-state index contributed by atoms with van der Waals surface area (Å²) in [6.45, 7) is 1.88. The molecule has 3 nitrogen and oxygen atoms in total. The number of rotatable bonds is 2. The molecule has 104 valence electrons. The highest BCUT2D eigenvalue weighted by Crippen LogP contribution is 2.16. The molecular formula is C17H11ClO3. The SMILES string of the molecule is Cc1ccc2occ(C(=O)c3ccc(Cl)cc3)c(=O)c2c1. The molecule has 0 radical (unpaired) electrons. The highest BCUT2D eigenvalue weighted by atomic mass is 35.5. The summed E-state index contributed by atoms with van der Waals surface area (Å²) in [5.41, 5.74) is 1.51. The largest absolute Gasteiger partial charge is 0.463 e. The van der Waals surface area contributed by atoms with Crippen molar-refractivity contribution in [3.63, 3.8) is 0 Å². The van der Waals surface area contributed by atoms with Crippen LogP contribution in [0.25, 0.3) is 11.0 Å². The zero-order valence-electron chi connectivity index (χ0n) is 11.2. The molecule has 0 saturated carbocycles. The fourth-order valence-electron chi connectivity index (χ4n) is 2.16. The third-order valence-corrected chi connectivity index (χ3v) is 3.53. The molecule has 3 rings (SSSR count). The molecule has 21 heavy (non-hydrogen) atoms. The van der Waals surface area contributed by atoms with Gasteiger partial charge < -0.3 is 4.42 Å². The van der Waals surface area contributed by atoms with Gasteiger partial charge in [0.25, 0.3) is 0 Å². The molecule has 1 heterocycles. The monoisotopic (exact) mass is 298 g/mol. The average Bonchev–Trinajstić information content (AvgIpc) is 2.48. The number of aryl methyl sites for hydroxylation is 1. The summed E-state index contributed by atoms with van der Waals surface area (Å²) in [5.74, 6) is -0.371. The molecular weight excluding hydrogens is 288 g/mol. The molecule has 4 heteroatoms. The lowest BCUT2D eigenvalue weighted by Gasteiger charge is -2.03. The Bertz CT molecular complexity index is 892. The summed E-state index contributed by atoms with van der Waals surface area (Å²) in [5, 5.41) is 0.947. The van der Waals surface area contributed by atoms with Gasteiger partial charge in [-0.1, -0.05) is 23.2 Å². The second-order valence-corrected chi connectivity index (χ2v) is 5.25. The van der Waals surface area contributed by atoms with E-state index in [0.29, 0.717) is 21.6 Å². The highest BCUT2D eigenvalue weighted by molar-refractivity contribution is 6.30. The predicted octanol–water partition coefficient (Wildman–Crippen LogP) is 3.99. The van der Waals surface area contributed by atoms with Crippen molar-refractivity contribution in [3.8, 4) is 0 Å². The molecule has 0 aliphatic rings. The van der Waals surface area contributed by atoms with Gasteiger partial charge >= 0.3 is 0 Å². The van der Waals surface area contributed by atoms with Crippen LogP contribution in [0, 0.1) is 6.92 Å². The number of ketones is 1. The maximum absolute atomic E-state index is 12.5. The van der Waals surface area contributed by atoms with E-state index in [0.717, 1.165) is 5.56 Å². The van der Waals surface area contributed by atoms with Crippen molar-refractivity contribution in [3.05, 3.63) is 80.7 Å². The average molecular weight is 299 g/mol. The van der Waals surface area contributed by atoms with E-state index in [1.165, 1.54) is 6.26 Å². The van der Waals surface area contributed by atoms with Crippen molar-refractivity contribution in [2.24, 2.45) is 0 Å². The number of halogens is 1. The van der Waals surface area contributed by atoms with Crippen LogP contribution in [0.15, 0.2) is 57.9 Å². The van der Waals surface area contributed by atoms with Crippen molar-refractivity contribution in [2.45, 2.75) is 6.92 Å². The van der Waals surface area contributed by atoms with Crippen LogP contribution in [0.3, 0.4) is 0 Å². The van der Waals surface area contributed by atoms with Gasteiger partial charge in [0.15, 0.2) is 5.78 Å². The van der Waals surface area contributed by atoms with Gasteiger partial charge in [-0.3, -0.25) is 9.59 Å². The van der Waals surface area contributed by atoms with Crippen molar-refractivity contribution < 1.29 is 9.21 Å². The van der Waals surface area contributed by atoms with E-state index in [1.54, 1.807) is 36.4 Å². The Morgan fingerprint density at radius 3 is 2.52 bits per heavy atom. The Labute approximate surface area is 125 Å². The smallest absolute Gasteiger partial charge is 0.203 e. The van der Waals surface area contributed by atoms with Crippen LogP contribution in [0.4, 0.5) is 0 Å². The first-order chi connectivity index (χ1) is 10.1. The maximum Gasteiger partial charge on any atom is 0.203 e. The molecule has 0 amide bonds.